The lowest BCUT2D eigenvalue weighted by molar-refractivity contribution is 1.06. The second kappa shape index (κ2) is 15.5. The van der Waals surface area contributed by atoms with Crippen molar-refractivity contribution in [3.05, 3.63) is 230 Å². The first-order chi connectivity index (χ1) is 35.2. The molecule has 0 saturated carbocycles. The van der Waals surface area contributed by atoms with Gasteiger partial charge in [0, 0.05) is 27.5 Å². The molecule has 2 heterocycles. The number of nitrogens with zero attached hydrogens (tertiary/aromatic N) is 4. The Labute approximate surface area is 371 Å². The molecule has 286 valence electrons. The summed E-state index contributed by atoms with van der Waals surface area (Å²) in [6.45, 7) is 0. The van der Waals surface area contributed by atoms with Crippen LogP contribution in [0.1, 0.15) is 16.4 Å². The van der Waals surface area contributed by atoms with Gasteiger partial charge in [-0.2, -0.15) is 0 Å². The van der Waals surface area contributed by atoms with Gasteiger partial charge < -0.3 is 4.57 Å². The Morgan fingerprint density at radius 2 is 0.787 bits per heavy atom. The first kappa shape index (κ1) is 25.3. The van der Waals surface area contributed by atoms with Gasteiger partial charge in [0.15, 0.2) is 17.5 Å². The van der Waals surface area contributed by atoms with Crippen molar-refractivity contribution in [1.29, 1.82) is 0 Å². The van der Waals surface area contributed by atoms with Crippen LogP contribution >= 0.6 is 0 Å². The number of benzene rings is 9. The van der Waals surface area contributed by atoms with Crippen molar-refractivity contribution in [1.82, 2.24) is 19.5 Å². The molecule has 0 amide bonds. The monoisotopic (exact) mass is 790 g/mol. The lowest BCUT2D eigenvalue weighted by atomic mass is 9.98. The Kier molecular flexibility index (Phi) is 6.44. The van der Waals surface area contributed by atoms with Crippen LogP contribution in [0, 0.1) is 0 Å². The average Bonchev–Trinajstić information content (AvgIpc) is 3.80. The summed E-state index contributed by atoms with van der Waals surface area (Å²) in [6.07, 6.45) is 0. The smallest absolute Gasteiger partial charge is 0.166 e. The van der Waals surface area contributed by atoms with Crippen molar-refractivity contribution in [3.8, 4) is 84.4 Å². The second-order valence-electron chi connectivity index (χ2n) is 14.3. The van der Waals surface area contributed by atoms with Crippen LogP contribution in [0.15, 0.2) is 230 Å². The number of fused-ring (bicyclic) bond motifs is 3. The van der Waals surface area contributed by atoms with E-state index in [1.54, 1.807) is 6.07 Å². The SMILES string of the molecule is [2H]c1c([2H])c([2H])c(-c2c([2H])c([2H])c3c(c2[2H])c2c([2H])c([2H])c([2H])c([2H])c2n3-c2ccc(-c3ccc(-c4ccccc4)cc3)cc2-c2nc(-c3ccccc3)nc(-c3ccc(-c4ccccc4)cc3)n2)c([2H])c1[2H]. The Bertz CT molecular complexity index is 3990. The van der Waals surface area contributed by atoms with E-state index in [0.717, 1.165) is 27.8 Å². The Balaban J connectivity index is 1.24. The highest BCUT2D eigenvalue weighted by atomic mass is 15.1. The van der Waals surface area contributed by atoms with Gasteiger partial charge in [0.05, 0.1) is 33.2 Å². The van der Waals surface area contributed by atoms with E-state index in [1.165, 1.54) is 4.57 Å². The van der Waals surface area contributed by atoms with Gasteiger partial charge >= 0.3 is 0 Å². The summed E-state index contributed by atoms with van der Waals surface area (Å²) in [5, 5.41) is -0.351. The molecule has 11 rings (SSSR count). The first-order valence-electron chi connectivity index (χ1n) is 25.6. The lowest BCUT2D eigenvalue weighted by Gasteiger charge is -2.16. The zero-order chi connectivity index (χ0) is 51.0. The molecule has 0 N–H and O–H groups in total. The average molecular weight is 791 g/mol. The van der Waals surface area contributed by atoms with E-state index in [4.69, 9.17) is 24.5 Å². The third-order valence-corrected chi connectivity index (χ3v) is 10.6. The van der Waals surface area contributed by atoms with Crippen molar-refractivity contribution in [3.63, 3.8) is 0 Å². The third-order valence-electron chi connectivity index (χ3n) is 10.6. The van der Waals surface area contributed by atoms with Gasteiger partial charge in [0.2, 0.25) is 0 Å². The van der Waals surface area contributed by atoms with Crippen molar-refractivity contribution in [2.45, 2.75) is 0 Å². The molecule has 0 aliphatic heterocycles. The molecule has 0 bridgehead atoms. The summed E-state index contributed by atoms with van der Waals surface area (Å²) in [7, 11) is 0. The fourth-order valence-electron chi connectivity index (χ4n) is 7.62. The highest BCUT2D eigenvalue weighted by Crippen LogP contribution is 2.40. The van der Waals surface area contributed by atoms with Gasteiger partial charge in [-0.1, -0.05) is 200 Å². The molecule has 4 nitrogen and oxygen atoms in total. The Hall–Kier alpha value is -8.21. The minimum Gasteiger partial charge on any atom is -0.309 e. The number of para-hydroxylation sites is 1. The fraction of sp³-hybridized carbons (Fsp3) is 0. The van der Waals surface area contributed by atoms with E-state index in [1.807, 2.05) is 152 Å². The molecule has 9 aromatic carbocycles. The summed E-state index contributed by atoms with van der Waals surface area (Å²) in [5.41, 5.74) is 6.28. The van der Waals surface area contributed by atoms with Crippen LogP contribution in [0.5, 0.6) is 0 Å². The molecular weight excluding hydrogens is 741 g/mol. The summed E-state index contributed by atoms with van der Waals surface area (Å²) in [4.78, 5) is 15.2. The van der Waals surface area contributed by atoms with Crippen LogP contribution in [0.25, 0.3) is 106 Å². The van der Waals surface area contributed by atoms with Crippen LogP contribution < -0.4 is 0 Å². The number of hydrogen-bond donors (Lipinski definition) is 0. The van der Waals surface area contributed by atoms with E-state index in [2.05, 4.69) is 0 Å². The molecule has 4 heteroatoms. The molecule has 0 spiro atoms. The highest BCUT2D eigenvalue weighted by Gasteiger charge is 2.21. The van der Waals surface area contributed by atoms with Crippen molar-refractivity contribution in [2.24, 2.45) is 0 Å². The second-order valence-corrected chi connectivity index (χ2v) is 14.3. The molecule has 0 unspecified atom stereocenters. The third kappa shape index (κ3) is 6.86. The molecule has 2 aromatic heterocycles. The van der Waals surface area contributed by atoms with E-state index in [0.29, 0.717) is 33.9 Å². The molecule has 0 atom stereocenters. The molecular formula is C57H38N4. The van der Waals surface area contributed by atoms with E-state index in [-0.39, 0.29) is 33.3 Å². The standard InChI is InChI=1S/C57H38N4/c1-5-15-39(16-6-1)42-25-27-44(28-26-42)48-34-36-54(61-52-24-14-13-23-49(52)50-37-47(33-35-53(50)61)41-19-9-3-10-20-41)51(38-48)57-59-55(45-21-11-4-12-22-45)58-56(60-57)46-31-29-43(30-32-46)40-17-7-2-8-18-40/h1-38H/i3D,9D,10D,13D,14D,19D,20D,23D,24D,33D,35D,37D. The molecule has 0 fully saturated rings. The fourth-order valence-corrected chi connectivity index (χ4v) is 7.62. The van der Waals surface area contributed by atoms with Crippen LogP contribution in [0.3, 0.4) is 0 Å². The zero-order valence-corrected chi connectivity index (χ0v) is 32.3. The van der Waals surface area contributed by atoms with Crippen molar-refractivity contribution in [2.75, 3.05) is 0 Å². The van der Waals surface area contributed by atoms with Crippen LogP contribution in [-0.2, 0) is 0 Å². The minimum atomic E-state index is -0.705. The number of aromatic nitrogens is 4. The number of rotatable bonds is 8. The van der Waals surface area contributed by atoms with E-state index in [9.17, 15) is 6.85 Å². The predicted octanol–water partition coefficient (Wildman–Crippen LogP) is 14.6. The van der Waals surface area contributed by atoms with Gasteiger partial charge in [-0.25, -0.2) is 15.0 Å². The summed E-state index contributed by atoms with van der Waals surface area (Å²) < 4.78 is 110. The summed E-state index contributed by atoms with van der Waals surface area (Å²) in [5.74, 6) is 0.804. The van der Waals surface area contributed by atoms with Crippen LogP contribution in [0.2, 0.25) is 0 Å². The molecule has 11 aromatic rings. The maximum absolute atomic E-state index is 9.77. The van der Waals surface area contributed by atoms with Crippen molar-refractivity contribution < 1.29 is 16.4 Å². The summed E-state index contributed by atoms with van der Waals surface area (Å²) >= 11 is 0. The zero-order valence-electron chi connectivity index (χ0n) is 44.3. The maximum atomic E-state index is 9.77. The Morgan fingerprint density at radius 3 is 1.41 bits per heavy atom. The topological polar surface area (TPSA) is 43.6 Å². The quantitative estimate of drug-likeness (QED) is 0.154. The molecule has 0 saturated heterocycles. The molecule has 0 aliphatic rings. The normalized spacial score (nSPS) is 14.0. The van der Waals surface area contributed by atoms with Gasteiger partial charge in [-0.05, 0) is 74.8 Å². The predicted molar refractivity (Wildman–Crippen MR) is 252 cm³/mol. The van der Waals surface area contributed by atoms with Gasteiger partial charge in [-0.15, -0.1) is 0 Å². The first-order valence-corrected chi connectivity index (χ1v) is 19.6. The molecule has 61 heavy (non-hydrogen) atoms. The van der Waals surface area contributed by atoms with E-state index < -0.39 is 83.6 Å². The lowest BCUT2D eigenvalue weighted by Crippen LogP contribution is -2.04. The van der Waals surface area contributed by atoms with Crippen LogP contribution in [-0.4, -0.2) is 19.5 Å². The van der Waals surface area contributed by atoms with Crippen LogP contribution in [0.4, 0.5) is 0 Å². The number of hydrogen-bond acceptors (Lipinski definition) is 3. The van der Waals surface area contributed by atoms with Gasteiger partial charge in [-0.3, -0.25) is 0 Å². The summed E-state index contributed by atoms with van der Waals surface area (Å²) in [6, 6.07) is 43.0. The Morgan fingerprint density at radius 1 is 0.328 bits per heavy atom. The molecule has 0 aliphatic carbocycles. The maximum Gasteiger partial charge on any atom is 0.166 e. The molecule has 0 radical (unpaired) electrons. The minimum absolute atomic E-state index is 0.129. The largest absolute Gasteiger partial charge is 0.309 e. The van der Waals surface area contributed by atoms with Gasteiger partial charge in [0.1, 0.15) is 0 Å². The van der Waals surface area contributed by atoms with E-state index >= 15 is 0 Å². The highest BCUT2D eigenvalue weighted by molar-refractivity contribution is 6.11. The van der Waals surface area contributed by atoms with Crippen molar-refractivity contribution >= 4 is 21.8 Å². The van der Waals surface area contributed by atoms with Gasteiger partial charge in [0.25, 0.3) is 0 Å².